The van der Waals surface area contributed by atoms with E-state index in [2.05, 4.69) is 0 Å². The van der Waals surface area contributed by atoms with E-state index in [1.807, 2.05) is 0 Å². The molecule has 31 heavy (non-hydrogen) atoms. The molecule has 3 aromatic carbocycles. The lowest BCUT2D eigenvalue weighted by Gasteiger charge is -2.31. The Hall–Kier alpha value is -3.15. The molecule has 3 aromatic rings. The fourth-order valence-electron chi connectivity index (χ4n) is 4.55. The van der Waals surface area contributed by atoms with E-state index in [0.717, 1.165) is 4.90 Å². The van der Waals surface area contributed by atoms with E-state index in [1.54, 1.807) is 72.8 Å². The van der Waals surface area contributed by atoms with Crippen LogP contribution in [0.2, 0.25) is 10.0 Å². The van der Waals surface area contributed by atoms with Gasteiger partial charge in [0.25, 0.3) is 0 Å². The SMILES string of the molecule is O=C1C[C@@H]([C@@]2(c3ccc(Cl)cc3)C(=O)Oc3ccccc32)C(=O)N1c1cccc(Cl)c1. The minimum atomic E-state index is -1.46. The van der Waals surface area contributed by atoms with Crippen molar-refractivity contribution in [2.45, 2.75) is 11.8 Å². The summed E-state index contributed by atoms with van der Waals surface area (Å²) in [5.74, 6) is -2.06. The number of anilines is 1. The van der Waals surface area contributed by atoms with Gasteiger partial charge in [0.15, 0.2) is 0 Å². The van der Waals surface area contributed by atoms with Crippen LogP contribution >= 0.6 is 23.2 Å². The number of para-hydroxylation sites is 1. The van der Waals surface area contributed by atoms with Gasteiger partial charge in [-0.1, -0.05) is 59.6 Å². The van der Waals surface area contributed by atoms with Gasteiger partial charge in [-0.15, -0.1) is 0 Å². The van der Waals surface area contributed by atoms with Gasteiger partial charge < -0.3 is 4.74 Å². The first-order chi connectivity index (χ1) is 14.9. The summed E-state index contributed by atoms with van der Waals surface area (Å²) in [4.78, 5) is 41.2. The lowest BCUT2D eigenvalue weighted by atomic mass is 9.66. The molecule has 0 bridgehead atoms. The van der Waals surface area contributed by atoms with Crippen LogP contribution in [0.15, 0.2) is 72.8 Å². The number of benzene rings is 3. The lowest BCUT2D eigenvalue weighted by Crippen LogP contribution is -2.46. The van der Waals surface area contributed by atoms with Crippen LogP contribution in [0, 0.1) is 5.92 Å². The molecule has 0 saturated carbocycles. The standard InChI is InChI=1S/C24H15Cl2NO4/c25-15-10-8-14(9-11-15)24(18-6-1-2-7-20(18)31-23(24)30)19-13-21(28)27(22(19)29)17-5-3-4-16(26)12-17/h1-12,19H,13H2/t19-,24+/m1/s1. The third kappa shape index (κ3) is 2.88. The van der Waals surface area contributed by atoms with Crippen molar-refractivity contribution >= 4 is 46.7 Å². The molecular weight excluding hydrogens is 437 g/mol. The molecule has 0 radical (unpaired) electrons. The van der Waals surface area contributed by atoms with E-state index in [0.29, 0.717) is 32.6 Å². The number of rotatable bonds is 3. The van der Waals surface area contributed by atoms with Gasteiger partial charge in [0.05, 0.1) is 11.6 Å². The Morgan fingerprint density at radius 3 is 2.35 bits per heavy atom. The van der Waals surface area contributed by atoms with E-state index in [9.17, 15) is 14.4 Å². The summed E-state index contributed by atoms with van der Waals surface area (Å²) in [7, 11) is 0. The number of amides is 2. The molecule has 0 aromatic heterocycles. The highest BCUT2D eigenvalue weighted by Crippen LogP contribution is 2.52. The Balaban J connectivity index is 1.71. The quantitative estimate of drug-likeness (QED) is 0.326. The van der Waals surface area contributed by atoms with Crippen molar-refractivity contribution in [1.82, 2.24) is 0 Å². The molecule has 2 atom stereocenters. The minimum Gasteiger partial charge on any atom is -0.425 e. The van der Waals surface area contributed by atoms with Crippen LogP contribution in [-0.2, 0) is 19.8 Å². The zero-order chi connectivity index (χ0) is 21.8. The second kappa shape index (κ2) is 7.22. The number of fused-ring (bicyclic) bond motifs is 1. The molecule has 7 heteroatoms. The van der Waals surface area contributed by atoms with Crippen molar-refractivity contribution in [3.8, 4) is 5.75 Å². The van der Waals surface area contributed by atoms with Crippen LogP contribution < -0.4 is 9.64 Å². The predicted molar refractivity (Wildman–Crippen MR) is 116 cm³/mol. The molecule has 0 unspecified atom stereocenters. The predicted octanol–water partition coefficient (Wildman–Crippen LogP) is 4.78. The molecule has 0 spiro atoms. The van der Waals surface area contributed by atoms with Crippen LogP contribution in [0.4, 0.5) is 5.69 Å². The van der Waals surface area contributed by atoms with Gasteiger partial charge in [-0.3, -0.25) is 19.3 Å². The molecule has 5 nitrogen and oxygen atoms in total. The first-order valence-corrected chi connectivity index (χ1v) is 10.4. The van der Waals surface area contributed by atoms with Gasteiger partial charge in [-0.05, 0) is 42.0 Å². The van der Waals surface area contributed by atoms with Crippen LogP contribution in [0.25, 0.3) is 0 Å². The molecule has 1 saturated heterocycles. The number of imide groups is 1. The topological polar surface area (TPSA) is 63.7 Å². The van der Waals surface area contributed by atoms with Gasteiger partial charge >= 0.3 is 5.97 Å². The Kier molecular flexibility index (Phi) is 4.61. The van der Waals surface area contributed by atoms with E-state index >= 15 is 0 Å². The second-order valence-electron chi connectivity index (χ2n) is 7.50. The summed E-state index contributed by atoms with van der Waals surface area (Å²) in [5.41, 5.74) is 0.0182. The first kappa shape index (κ1) is 19.8. The number of esters is 1. The van der Waals surface area contributed by atoms with Crippen LogP contribution in [0.3, 0.4) is 0 Å². The zero-order valence-electron chi connectivity index (χ0n) is 16.0. The van der Waals surface area contributed by atoms with Crippen molar-refractivity contribution in [1.29, 1.82) is 0 Å². The highest BCUT2D eigenvalue weighted by molar-refractivity contribution is 6.31. The van der Waals surface area contributed by atoms with Crippen molar-refractivity contribution in [3.63, 3.8) is 0 Å². The fraction of sp³-hybridized carbons (Fsp3) is 0.125. The van der Waals surface area contributed by atoms with Gasteiger partial charge in [-0.2, -0.15) is 0 Å². The summed E-state index contributed by atoms with van der Waals surface area (Å²) in [5, 5.41) is 0.896. The summed E-state index contributed by atoms with van der Waals surface area (Å²) in [6, 6.07) is 20.2. The smallest absolute Gasteiger partial charge is 0.327 e. The summed E-state index contributed by atoms with van der Waals surface area (Å²) >= 11 is 12.1. The number of halogens is 2. The number of carbonyl (C=O) groups is 3. The monoisotopic (exact) mass is 451 g/mol. The Morgan fingerprint density at radius 2 is 1.61 bits per heavy atom. The molecule has 5 rings (SSSR count). The van der Waals surface area contributed by atoms with Gasteiger partial charge in [-0.25, -0.2) is 0 Å². The Labute approximate surface area is 188 Å². The maximum atomic E-state index is 13.6. The molecule has 2 heterocycles. The molecule has 0 aliphatic carbocycles. The fourth-order valence-corrected chi connectivity index (χ4v) is 4.86. The van der Waals surface area contributed by atoms with Gasteiger partial charge in [0.1, 0.15) is 11.2 Å². The largest absolute Gasteiger partial charge is 0.425 e. The summed E-state index contributed by atoms with van der Waals surface area (Å²) in [6.07, 6.45) is -0.141. The minimum absolute atomic E-state index is 0.141. The highest BCUT2D eigenvalue weighted by Gasteiger charge is 2.62. The normalized spacial score (nSPS) is 22.6. The van der Waals surface area contributed by atoms with Crippen LogP contribution in [-0.4, -0.2) is 17.8 Å². The number of nitrogens with zero attached hydrogens (tertiary/aromatic N) is 1. The second-order valence-corrected chi connectivity index (χ2v) is 8.38. The van der Waals surface area contributed by atoms with Crippen molar-refractivity contribution in [3.05, 3.63) is 94.0 Å². The van der Waals surface area contributed by atoms with Gasteiger partial charge in [0.2, 0.25) is 11.8 Å². The van der Waals surface area contributed by atoms with Crippen molar-refractivity contribution in [2.24, 2.45) is 5.92 Å². The van der Waals surface area contributed by atoms with Crippen molar-refractivity contribution in [2.75, 3.05) is 4.90 Å². The molecular formula is C24H15Cl2NO4. The van der Waals surface area contributed by atoms with E-state index in [4.69, 9.17) is 27.9 Å². The van der Waals surface area contributed by atoms with Crippen LogP contribution in [0.1, 0.15) is 17.5 Å². The third-order valence-corrected chi connectivity index (χ3v) is 6.36. The molecule has 1 fully saturated rings. The average molecular weight is 452 g/mol. The Bertz CT molecular complexity index is 1240. The number of hydrogen-bond acceptors (Lipinski definition) is 4. The molecule has 0 N–H and O–H groups in total. The average Bonchev–Trinajstić information content (AvgIpc) is 3.21. The maximum Gasteiger partial charge on any atom is 0.327 e. The molecule has 154 valence electrons. The van der Waals surface area contributed by atoms with Crippen molar-refractivity contribution < 1.29 is 19.1 Å². The van der Waals surface area contributed by atoms with Gasteiger partial charge in [0, 0.05) is 22.0 Å². The summed E-state index contributed by atoms with van der Waals surface area (Å²) in [6.45, 7) is 0. The number of hydrogen-bond donors (Lipinski definition) is 0. The Morgan fingerprint density at radius 1 is 0.871 bits per heavy atom. The first-order valence-electron chi connectivity index (χ1n) is 9.63. The van der Waals surface area contributed by atoms with Crippen LogP contribution in [0.5, 0.6) is 5.75 Å². The molecule has 2 aliphatic heterocycles. The maximum absolute atomic E-state index is 13.6. The summed E-state index contributed by atoms with van der Waals surface area (Å²) < 4.78 is 5.59. The van der Waals surface area contributed by atoms with E-state index in [1.165, 1.54) is 0 Å². The van der Waals surface area contributed by atoms with E-state index < -0.39 is 29.1 Å². The van der Waals surface area contributed by atoms with E-state index in [-0.39, 0.29) is 6.42 Å². The zero-order valence-corrected chi connectivity index (χ0v) is 17.6. The molecule has 2 aliphatic rings. The third-order valence-electron chi connectivity index (χ3n) is 5.87. The molecule has 2 amide bonds. The lowest BCUT2D eigenvalue weighted by molar-refractivity contribution is -0.141. The number of ether oxygens (including phenoxy) is 1. The highest BCUT2D eigenvalue weighted by atomic mass is 35.5. The number of carbonyl (C=O) groups excluding carboxylic acids is 3.